The zero-order valence-corrected chi connectivity index (χ0v) is 12.4. The van der Waals surface area contributed by atoms with Crippen molar-refractivity contribution < 1.29 is 19.1 Å². The molecule has 6 nitrogen and oxygen atoms in total. The van der Waals surface area contributed by atoms with Gasteiger partial charge in [0, 0.05) is 11.5 Å². The monoisotopic (exact) mass is 296 g/mol. The minimum atomic E-state index is -0.667. The lowest BCUT2D eigenvalue weighted by molar-refractivity contribution is -0.148. The van der Waals surface area contributed by atoms with Crippen molar-refractivity contribution >= 4 is 33.5 Å². The second-order valence-corrected chi connectivity index (χ2v) is 6.34. The van der Waals surface area contributed by atoms with E-state index < -0.39 is 24.0 Å². The molecule has 0 aromatic rings. The molecule has 0 rings (SSSR count). The Morgan fingerprint density at radius 1 is 1.06 bits per heavy atom. The third-order valence-corrected chi connectivity index (χ3v) is 4.21. The van der Waals surface area contributed by atoms with Gasteiger partial charge in [-0.2, -0.15) is 0 Å². The molecule has 0 saturated carbocycles. The number of carbonyl (C=O) groups excluding carboxylic acids is 2. The minimum Gasteiger partial charge on any atom is -0.468 e. The fourth-order valence-electron chi connectivity index (χ4n) is 0.850. The predicted octanol–water partition coefficient (Wildman–Crippen LogP) is 0.147. The molecule has 0 radical (unpaired) electrons. The first kappa shape index (κ1) is 17.6. The Morgan fingerprint density at radius 2 is 1.50 bits per heavy atom. The van der Waals surface area contributed by atoms with Gasteiger partial charge in [-0.05, 0) is 13.8 Å². The minimum absolute atomic E-state index is 0.172. The fourth-order valence-corrected chi connectivity index (χ4v) is 3.06. The van der Waals surface area contributed by atoms with Crippen molar-refractivity contribution in [2.24, 2.45) is 11.5 Å². The van der Waals surface area contributed by atoms with E-state index in [9.17, 15) is 9.59 Å². The highest BCUT2D eigenvalue weighted by molar-refractivity contribution is 8.76. The van der Waals surface area contributed by atoms with E-state index in [1.54, 1.807) is 13.8 Å². The SMILES string of the molecule is COC(=O)C(N)CSSCC(N)C(=O)OC(C)C. The highest BCUT2D eigenvalue weighted by atomic mass is 33.1. The van der Waals surface area contributed by atoms with Crippen molar-refractivity contribution in [3.05, 3.63) is 0 Å². The molecular formula is C10H20N2O4S2. The lowest BCUT2D eigenvalue weighted by atomic mass is 10.3. The van der Waals surface area contributed by atoms with E-state index in [4.69, 9.17) is 16.2 Å². The van der Waals surface area contributed by atoms with Crippen LogP contribution in [0.3, 0.4) is 0 Å². The molecule has 0 aliphatic heterocycles. The molecule has 0 aromatic carbocycles. The quantitative estimate of drug-likeness (QED) is 0.370. The summed E-state index contributed by atoms with van der Waals surface area (Å²) in [5, 5.41) is 0. The molecule has 0 aromatic heterocycles. The molecule has 18 heavy (non-hydrogen) atoms. The lowest BCUT2D eigenvalue weighted by Gasteiger charge is -2.13. The second kappa shape index (κ2) is 9.48. The van der Waals surface area contributed by atoms with Crippen molar-refractivity contribution in [3.63, 3.8) is 0 Å². The summed E-state index contributed by atoms with van der Waals surface area (Å²) in [7, 11) is 4.04. The van der Waals surface area contributed by atoms with Gasteiger partial charge in [0.2, 0.25) is 0 Å². The van der Waals surface area contributed by atoms with Gasteiger partial charge in [0.1, 0.15) is 12.1 Å². The summed E-state index contributed by atoms with van der Waals surface area (Å²) in [6, 6.07) is -1.33. The average Bonchev–Trinajstić information content (AvgIpc) is 2.31. The molecule has 4 N–H and O–H groups in total. The van der Waals surface area contributed by atoms with Gasteiger partial charge in [0.25, 0.3) is 0 Å². The molecule has 2 atom stereocenters. The Hall–Kier alpha value is -0.440. The van der Waals surface area contributed by atoms with Crippen LogP contribution < -0.4 is 11.5 Å². The molecule has 0 amide bonds. The summed E-state index contributed by atoms with van der Waals surface area (Å²) in [6.07, 6.45) is -0.172. The first-order chi connectivity index (χ1) is 8.38. The van der Waals surface area contributed by atoms with Crippen LogP contribution in [0, 0.1) is 0 Å². The highest BCUT2D eigenvalue weighted by Gasteiger charge is 2.18. The van der Waals surface area contributed by atoms with Gasteiger partial charge in [0.05, 0.1) is 13.2 Å². The zero-order valence-electron chi connectivity index (χ0n) is 10.8. The third-order valence-electron chi connectivity index (χ3n) is 1.74. The number of methoxy groups -OCH3 is 1. The predicted molar refractivity (Wildman–Crippen MR) is 74.1 cm³/mol. The Labute approximate surface area is 115 Å². The van der Waals surface area contributed by atoms with Crippen LogP contribution >= 0.6 is 21.6 Å². The maximum absolute atomic E-state index is 11.4. The summed E-state index contributed by atoms with van der Waals surface area (Å²) >= 11 is 0. The van der Waals surface area contributed by atoms with E-state index >= 15 is 0 Å². The summed E-state index contributed by atoms with van der Waals surface area (Å²) in [6.45, 7) is 3.53. The summed E-state index contributed by atoms with van der Waals surface area (Å²) in [4.78, 5) is 22.4. The van der Waals surface area contributed by atoms with E-state index in [1.165, 1.54) is 28.7 Å². The van der Waals surface area contributed by atoms with E-state index in [-0.39, 0.29) is 6.10 Å². The largest absolute Gasteiger partial charge is 0.468 e. The van der Waals surface area contributed by atoms with Gasteiger partial charge < -0.3 is 20.9 Å². The van der Waals surface area contributed by atoms with Gasteiger partial charge in [-0.25, -0.2) is 0 Å². The molecule has 2 unspecified atom stereocenters. The number of hydrogen-bond acceptors (Lipinski definition) is 8. The third kappa shape index (κ3) is 7.80. The van der Waals surface area contributed by atoms with Gasteiger partial charge in [-0.3, -0.25) is 9.59 Å². The average molecular weight is 296 g/mol. The molecule has 8 heteroatoms. The van der Waals surface area contributed by atoms with Gasteiger partial charge in [-0.15, -0.1) is 0 Å². The molecule has 0 aliphatic carbocycles. The first-order valence-corrected chi connectivity index (χ1v) is 7.91. The Kier molecular flexibility index (Phi) is 9.25. The van der Waals surface area contributed by atoms with Crippen LogP contribution in [0.1, 0.15) is 13.8 Å². The van der Waals surface area contributed by atoms with E-state index in [0.29, 0.717) is 11.5 Å². The second-order valence-electron chi connectivity index (χ2n) is 3.79. The summed E-state index contributed by atoms with van der Waals surface area (Å²) in [5.74, 6) is -0.0603. The Bertz CT molecular complexity index is 277. The van der Waals surface area contributed by atoms with Crippen molar-refractivity contribution in [3.8, 4) is 0 Å². The number of carbonyl (C=O) groups is 2. The Morgan fingerprint density at radius 3 is 1.89 bits per heavy atom. The normalized spacial score (nSPS) is 14.1. The van der Waals surface area contributed by atoms with Crippen LogP contribution in [-0.2, 0) is 19.1 Å². The highest BCUT2D eigenvalue weighted by Crippen LogP contribution is 2.22. The number of ether oxygens (including phenoxy) is 2. The topological polar surface area (TPSA) is 105 Å². The van der Waals surface area contributed by atoms with Crippen molar-refractivity contribution in [1.82, 2.24) is 0 Å². The van der Waals surface area contributed by atoms with Crippen LogP contribution in [0.15, 0.2) is 0 Å². The van der Waals surface area contributed by atoms with Crippen LogP contribution in [0.2, 0.25) is 0 Å². The molecule has 0 aliphatic rings. The van der Waals surface area contributed by atoms with Crippen LogP contribution in [0.25, 0.3) is 0 Å². The zero-order chi connectivity index (χ0) is 14.1. The molecule has 106 valence electrons. The van der Waals surface area contributed by atoms with Crippen molar-refractivity contribution in [1.29, 1.82) is 0 Å². The number of hydrogen-bond donors (Lipinski definition) is 2. The van der Waals surface area contributed by atoms with Crippen LogP contribution in [0.5, 0.6) is 0 Å². The van der Waals surface area contributed by atoms with Crippen molar-refractivity contribution in [2.45, 2.75) is 32.0 Å². The van der Waals surface area contributed by atoms with E-state index in [2.05, 4.69) is 4.74 Å². The maximum Gasteiger partial charge on any atom is 0.324 e. The molecule has 0 spiro atoms. The fraction of sp³-hybridized carbons (Fsp3) is 0.800. The van der Waals surface area contributed by atoms with Gasteiger partial charge in [0.15, 0.2) is 0 Å². The molecule has 0 fully saturated rings. The summed E-state index contributed by atoms with van der Waals surface area (Å²) in [5.41, 5.74) is 11.2. The maximum atomic E-state index is 11.4. The smallest absolute Gasteiger partial charge is 0.324 e. The van der Waals surface area contributed by atoms with Gasteiger partial charge >= 0.3 is 11.9 Å². The standard InChI is InChI=1S/C10H20N2O4S2/c1-6(2)16-10(14)8(12)5-18-17-4-7(11)9(13)15-3/h6-8H,4-5,11-12H2,1-3H3. The summed E-state index contributed by atoms with van der Waals surface area (Å²) < 4.78 is 9.45. The van der Waals surface area contributed by atoms with E-state index in [0.717, 1.165) is 0 Å². The Balaban J connectivity index is 3.72. The molecule has 0 bridgehead atoms. The number of rotatable bonds is 8. The lowest BCUT2D eigenvalue weighted by Crippen LogP contribution is -2.36. The molecule has 0 heterocycles. The van der Waals surface area contributed by atoms with Crippen LogP contribution in [-0.4, -0.2) is 48.7 Å². The van der Waals surface area contributed by atoms with Crippen molar-refractivity contribution in [2.75, 3.05) is 18.6 Å². The first-order valence-electron chi connectivity index (χ1n) is 5.42. The van der Waals surface area contributed by atoms with Crippen LogP contribution in [0.4, 0.5) is 0 Å². The number of nitrogens with two attached hydrogens (primary N) is 2. The number of esters is 2. The molecule has 0 saturated heterocycles. The molecular weight excluding hydrogens is 276 g/mol. The van der Waals surface area contributed by atoms with E-state index in [1.807, 2.05) is 0 Å². The van der Waals surface area contributed by atoms with Gasteiger partial charge in [-0.1, -0.05) is 21.6 Å².